The van der Waals surface area contributed by atoms with Gasteiger partial charge in [0, 0.05) is 11.6 Å². The number of aromatic nitrogens is 8. The minimum atomic E-state index is 0.500. The molecule has 8 rings (SSSR count). The fraction of sp³-hybridized carbons (Fsp3) is 0.417. The van der Waals surface area contributed by atoms with Crippen molar-refractivity contribution >= 4 is 38.5 Å². The van der Waals surface area contributed by atoms with Crippen LogP contribution in [0.4, 0.5) is 0 Å². The summed E-state index contributed by atoms with van der Waals surface area (Å²) in [4.78, 5) is 18.1. The molecule has 0 aliphatic rings. The summed E-state index contributed by atoms with van der Waals surface area (Å²) in [6.07, 6.45) is 10.8. The molecular formula is C48H72N8. The normalized spacial score (nSPS) is 10.9. The van der Waals surface area contributed by atoms with Crippen LogP contribution >= 0.6 is 0 Å². The van der Waals surface area contributed by atoms with E-state index in [0.717, 1.165) is 38.5 Å². The highest BCUT2D eigenvalue weighted by molar-refractivity contribution is 5.77. The molecular weight excluding hydrogens is 689 g/mol. The quantitative estimate of drug-likeness (QED) is 0.143. The van der Waals surface area contributed by atoms with Crippen LogP contribution in [0.25, 0.3) is 38.5 Å². The minimum absolute atomic E-state index is 0.500. The van der Waals surface area contributed by atoms with Gasteiger partial charge >= 0.3 is 0 Å². The first-order valence-corrected chi connectivity index (χ1v) is 19.4. The molecule has 3 N–H and O–H groups in total. The number of benzene rings is 3. The van der Waals surface area contributed by atoms with Crippen molar-refractivity contribution in [3.05, 3.63) is 129 Å². The molecule has 0 bridgehead atoms. The van der Waals surface area contributed by atoms with Gasteiger partial charge in [0.25, 0.3) is 0 Å². The second-order valence-corrected chi connectivity index (χ2v) is 19.7. The number of rotatable bonds is 0. The predicted molar refractivity (Wildman–Crippen MR) is 244 cm³/mol. The Kier molecular flexibility index (Phi) is 20.6. The van der Waals surface area contributed by atoms with Gasteiger partial charge in [0.2, 0.25) is 0 Å². The molecule has 304 valence electrons. The van der Waals surface area contributed by atoms with Crippen LogP contribution in [0.3, 0.4) is 0 Å². The Morgan fingerprint density at radius 2 is 0.839 bits per heavy atom. The van der Waals surface area contributed by atoms with E-state index < -0.39 is 0 Å². The standard InChI is InChI=1S/4C7H6N2.4C5H12/c1-2-4-9-6-8-5-7(9)3-1;2*1-2-4-7-6(3-1)8-5-9-7;1-2-4-7-6(3-1)5-8-9-7;4*1-5(2,3)4/h1-6H;3*1-5H,(H,8,9);4*1-4H3. The zero-order chi connectivity index (χ0) is 42.4. The number of pyridine rings is 1. The van der Waals surface area contributed by atoms with Crippen LogP contribution in [-0.4, -0.2) is 39.5 Å². The molecule has 56 heavy (non-hydrogen) atoms. The Hall–Kier alpha value is -5.24. The highest BCUT2D eigenvalue weighted by Crippen LogP contribution is 2.11. The van der Waals surface area contributed by atoms with Gasteiger partial charge in [-0.1, -0.05) is 159 Å². The smallest absolute Gasteiger partial charge is 0.0991 e. The SMILES string of the molecule is CC(C)(C)C.CC(C)(C)C.CC(C)(C)C.CC(C)(C)C.c1ccc2[nH]cnc2c1.c1ccc2[nH]cnc2c1.c1ccc2[nH]ncc2c1.c1ccn2cncc2c1. The number of fused-ring (bicyclic) bond motifs is 4. The summed E-state index contributed by atoms with van der Waals surface area (Å²) in [6, 6.07) is 29.9. The predicted octanol–water partition coefficient (Wildman–Crippen LogP) is 14.2. The number of nitrogens with zero attached hydrogens (tertiary/aromatic N) is 5. The van der Waals surface area contributed by atoms with E-state index in [1.165, 1.54) is 0 Å². The van der Waals surface area contributed by atoms with Crippen LogP contribution in [0.1, 0.15) is 111 Å². The molecule has 5 heterocycles. The number of H-pyrrole nitrogens is 3. The Bertz CT molecular complexity index is 1700. The zero-order valence-corrected chi connectivity index (χ0v) is 37.4. The first-order chi connectivity index (χ1) is 25.9. The van der Waals surface area contributed by atoms with Gasteiger partial charge in [-0.15, -0.1) is 0 Å². The molecule has 0 saturated heterocycles. The fourth-order valence-electron chi connectivity index (χ4n) is 3.51. The lowest BCUT2D eigenvalue weighted by molar-refractivity contribution is 0.469. The summed E-state index contributed by atoms with van der Waals surface area (Å²) < 4.78 is 1.97. The van der Waals surface area contributed by atoms with Crippen LogP contribution in [-0.2, 0) is 0 Å². The molecule has 5 aromatic heterocycles. The van der Waals surface area contributed by atoms with E-state index in [2.05, 4.69) is 146 Å². The third-order valence-corrected chi connectivity index (χ3v) is 5.33. The molecule has 8 heteroatoms. The van der Waals surface area contributed by atoms with Crippen molar-refractivity contribution in [2.24, 2.45) is 21.7 Å². The summed E-state index contributed by atoms with van der Waals surface area (Å²) in [7, 11) is 0. The Balaban J connectivity index is 0.000000326. The number of aromatic amines is 3. The highest BCUT2D eigenvalue weighted by Gasteiger charge is 1.97. The van der Waals surface area contributed by atoms with E-state index >= 15 is 0 Å². The maximum absolute atomic E-state index is 4.06. The van der Waals surface area contributed by atoms with Crippen molar-refractivity contribution in [1.82, 2.24) is 39.5 Å². The van der Waals surface area contributed by atoms with E-state index in [-0.39, 0.29) is 0 Å². The molecule has 0 unspecified atom stereocenters. The largest absolute Gasteiger partial charge is 0.345 e. The first-order valence-electron chi connectivity index (χ1n) is 19.4. The summed E-state index contributed by atoms with van der Waals surface area (Å²) in [5, 5.41) is 7.91. The van der Waals surface area contributed by atoms with E-state index in [1.807, 2.05) is 114 Å². The van der Waals surface area contributed by atoms with E-state index in [0.29, 0.717) is 21.7 Å². The van der Waals surface area contributed by atoms with E-state index in [1.54, 1.807) is 19.0 Å². The fourth-order valence-corrected chi connectivity index (χ4v) is 3.51. The average Bonchev–Trinajstić information content (AvgIpc) is 3.89. The Morgan fingerprint density at radius 3 is 1.25 bits per heavy atom. The molecule has 0 aliphatic heterocycles. The van der Waals surface area contributed by atoms with Crippen molar-refractivity contribution in [2.75, 3.05) is 0 Å². The number of para-hydroxylation sites is 5. The average molecular weight is 761 g/mol. The van der Waals surface area contributed by atoms with Gasteiger partial charge in [0.1, 0.15) is 0 Å². The first kappa shape index (κ1) is 48.8. The van der Waals surface area contributed by atoms with Crippen molar-refractivity contribution in [3.8, 4) is 0 Å². The highest BCUT2D eigenvalue weighted by atomic mass is 15.1. The zero-order valence-electron chi connectivity index (χ0n) is 37.4. The second-order valence-electron chi connectivity index (χ2n) is 19.7. The molecule has 8 aromatic rings. The van der Waals surface area contributed by atoms with Crippen molar-refractivity contribution in [1.29, 1.82) is 0 Å². The van der Waals surface area contributed by atoms with E-state index in [4.69, 9.17) is 0 Å². The third-order valence-electron chi connectivity index (χ3n) is 5.33. The summed E-state index contributed by atoms with van der Waals surface area (Å²) in [6.45, 7) is 35.0. The molecule has 8 nitrogen and oxygen atoms in total. The lowest BCUT2D eigenvalue weighted by atomic mass is 10.0. The molecule has 0 atom stereocenters. The molecule has 0 saturated carbocycles. The molecule has 0 aliphatic carbocycles. The van der Waals surface area contributed by atoms with E-state index in [9.17, 15) is 0 Å². The number of hydrogen-bond donors (Lipinski definition) is 3. The van der Waals surface area contributed by atoms with Crippen molar-refractivity contribution in [3.63, 3.8) is 0 Å². The minimum Gasteiger partial charge on any atom is -0.345 e. The maximum atomic E-state index is 4.06. The van der Waals surface area contributed by atoms with Gasteiger partial charge in [-0.05, 0) is 64.1 Å². The van der Waals surface area contributed by atoms with Gasteiger partial charge in [-0.2, -0.15) is 5.10 Å². The molecule has 0 fully saturated rings. The Labute approximate surface area is 338 Å². The van der Waals surface area contributed by atoms with Crippen molar-refractivity contribution in [2.45, 2.75) is 111 Å². The second kappa shape index (κ2) is 23.6. The van der Waals surface area contributed by atoms with Gasteiger partial charge in [-0.3, -0.25) is 5.10 Å². The van der Waals surface area contributed by atoms with Crippen LogP contribution in [0.15, 0.2) is 129 Å². The topological polar surface area (TPSA) is 103 Å². The molecule has 0 spiro atoms. The summed E-state index contributed by atoms with van der Waals surface area (Å²) >= 11 is 0. The number of imidazole rings is 3. The van der Waals surface area contributed by atoms with Crippen LogP contribution < -0.4 is 0 Å². The van der Waals surface area contributed by atoms with Gasteiger partial charge in [-0.25, -0.2) is 15.0 Å². The number of hydrogen-bond acceptors (Lipinski definition) is 4. The van der Waals surface area contributed by atoms with Gasteiger partial charge in [0.15, 0.2) is 0 Å². The van der Waals surface area contributed by atoms with Gasteiger partial charge in [0.05, 0.1) is 64.5 Å². The number of nitrogens with one attached hydrogen (secondary N) is 3. The van der Waals surface area contributed by atoms with Crippen molar-refractivity contribution < 1.29 is 0 Å². The summed E-state index contributed by atoms with van der Waals surface area (Å²) in [5.74, 6) is 0. The summed E-state index contributed by atoms with van der Waals surface area (Å²) in [5.41, 5.74) is 8.47. The molecule has 0 radical (unpaired) electrons. The molecule has 3 aromatic carbocycles. The van der Waals surface area contributed by atoms with Crippen LogP contribution in [0.2, 0.25) is 0 Å². The monoisotopic (exact) mass is 761 g/mol. The third kappa shape index (κ3) is 28.2. The Morgan fingerprint density at radius 1 is 0.446 bits per heavy atom. The van der Waals surface area contributed by atoms with Crippen LogP contribution in [0, 0.1) is 21.7 Å². The lowest BCUT2D eigenvalue weighted by Gasteiger charge is -2.05. The van der Waals surface area contributed by atoms with Crippen LogP contribution in [0.5, 0.6) is 0 Å². The lowest BCUT2D eigenvalue weighted by Crippen LogP contribution is -1.93. The maximum Gasteiger partial charge on any atom is 0.0991 e. The molecule has 0 amide bonds. The van der Waals surface area contributed by atoms with Gasteiger partial charge < -0.3 is 14.4 Å².